The molecule has 0 fully saturated rings. The first-order valence-corrected chi connectivity index (χ1v) is 8.61. The van der Waals surface area contributed by atoms with Gasteiger partial charge in [-0.15, -0.1) is 0 Å². The highest BCUT2D eigenvalue weighted by molar-refractivity contribution is 4.57. The van der Waals surface area contributed by atoms with E-state index in [4.69, 9.17) is 28.4 Å². The number of hydrogen-bond acceptors (Lipinski definition) is 6. The molecule has 2 unspecified atom stereocenters. The van der Waals surface area contributed by atoms with Gasteiger partial charge in [0, 0.05) is 13.2 Å². The maximum Gasteiger partial charge on any atom is 0.146 e. The summed E-state index contributed by atoms with van der Waals surface area (Å²) >= 11 is 0. The summed E-state index contributed by atoms with van der Waals surface area (Å²) in [4.78, 5) is 0. The van der Waals surface area contributed by atoms with E-state index < -0.39 is 0 Å². The quantitative estimate of drug-likeness (QED) is 0.319. The highest BCUT2D eigenvalue weighted by Crippen LogP contribution is 2.01. The molecule has 0 amide bonds. The smallest absolute Gasteiger partial charge is 0.146 e. The molecule has 0 aliphatic rings. The van der Waals surface area contributed by atoms with Crippen LogP contribution in [0.2, 0.25) is 0 Å². The van der Waals surface area contributed by atoms with E-state index in [-0.39, 0.29) is 31.2 Å². The second-order valence-corrected chi connectivity index (χ2v) is 5.78. The van der Waals surface area contributed by atoms with Gasteiger partial charge in [0.2, 0.25) is 0 Å². The predicted molar refractivity (Wildman–Crippen MR) is 89.8 cm³/mol. The zero-order chi connectivity index (χ0) is 17.5. The maximum atomic E-state index is 5.57. The Morgan fingerprint density at radius 2 is 0.957 bits per heavy atom. The van der Waals surface area contributed by atoms with Crippen LogP contribution in [0.4, 0.5) is 0 Å². The van der Waals surface area contributed by atoms with Crippen LogP contribution < -0.4 is 0 Å². The Labute approximate surface area is 141 Å². The fourth-order valence-corrected chi connectivity index (χ4v) is 1.78. The van der Waals surface area contributed by atoms with Gasteiger partial charge in [-0.2, -0.15) is 0 Å². The standard InChI is InChI=1S/C17H36O6/c1-7-20-16(11-22-14(3)4)9-18-13-19-10-17(21-8-2)12-23-15(5)6/h14-17H,7-13H2,1-6H3. The van der Waals surface area contributed by atoms with Gasteiger partial charge in [-0.25, -0.2) is 0 Å². The molecule has 0 heterocycles. The molecule has 0 rings (SSSR count). The minimum absolute atomic E-state index is 0.0713. The molecule has 0 bridgehead atoms. The van der Waals surface area contributed by atoms with Crippen molar-refractivity contribution in [2.75, 3.05) is 46.4 Å². The Balaban J connectivity index is 3.83. The van der Waals surface area contributed by atoms with Gasteiger partial charge in [-0.3, -0.25) is 0 Å². The van der Waals surface area contributed by atoms with Crippen LogP contribution in [0.15, 0.2) is 0 Å². The lowest BCUT2D eigenvalue weighted by molar-refractivity contribution is -0.135. The fourth-order valence-electron chi connectivity index (χ4n) is 1.78. The minimum atomic E-state index is -0.0713. The topological polar surface area (TPSA) is 55.4 Å². The van der Waals surface area contributed by atoms with E-state index in [1.54, 1.807) is 0 Å². The second-order valence-electron chi connectivity index (χ2n) is 5.78. The lowest BCUT2D eigenvalue weighted by Gasteiger charge is -2.20. The van der Waals surface area contributed by atoms with Crippen molar-refractivity contribution in [3.05, 3.63) is 0 Å². The predicted octanol–water partition coefficient (Wildman–Crippen LogP) is 2.64. The summed E-state index contributed by atoms with van der Waals surface area (Å²) in [6, 6.07) is 0. The molecule has 0 aromatic heterocycles. The van der Waals surface area contributed by atoms with Gasteiger partial charge >= 0.3 is 0 Å². The molecule has 140 valence electrons. The Morgan fingerprint density at radius 1 is 0.565 bits per heavy atom. The molecule has 0 saturated carbocycles. The van der Waals surface area contributed by atoms with Gasteiger partial charge < -0.3 is 28.4 Å². The number of rotatable bonds is 16. The van der Waals surface area contributed by atoms with Crippen LogP contribution in [0.3, 0.4) is 0 Å². The van der Waals surface area contributed by atoms with Crippen molar-refractivity contribution in [3.8, 4) is 0 Å². The van der Waals surface area contributed by atoms with Crippen molar-refractivity contribution >= 4 is 0 Å². The van der Waals surface area contributed by atoms with E-state index in [9.17, 15) is 0 Å². The molecule has 0 aromatic rings. The third-order valence-electron chi connectivity index (χ3n) is 2.81. The van der Waals surface area contributed by atoms with Gasteiger partial charge in [0.15, 0.2) is 0 Å². The van der Waals surface area contributed by atoms with Crippen LogP contribution in [0.25, 0.3) is 0 Å². The Kier molecular flexibility index (Phi) is 15.1. The van der Waals surface area contributed by atoms with Crippen molar-refractivity contribution in [2.45, 2.75) is 66.0 Å². The molecule has 2 atom stereocenters. The lowest BCUT2D eigenvalue weighted by atomic mass is 10.4. The number of ether oxygens (including phenoxy) is 6. The summed E-state index contributed by atoms with van der Waals surface area (Å²) in [5.41, 5.74) is 0. The van der Waals surface area contributed by atoms with Crippen LogP contribution in [0.1, 0.15) is 41.5 Å². The second kappa shape index (κ2) is 15.3. The summed E-state index contributed by atoms with van der Waals surface area (Å²) < 4.78 is 33.3. The van der Waals surface area contributed by atoms with Crippen molar-refractivity contribution in [2.24, 2.45) is 0 Å². The molecule has 23 heavy (non-hydrogen) atoms. The van der Waals surface area contributed by atoms with Crippen LogP contribution in [-0.2, 0) is 28.4 Å². The highest BCUT2D eigenvalue weighted by Gasteiger charge is 2.12. The summed E-state index contributed by atoms with van der Waals surface area (Å²) in [6.07, 6.45) is 0.222. The minimum Gasteiger partial charge on any atom is -0.376 e. The van der Waals surface area contributed by atoms with Crippen LogP contribution in [-0.4, -0.2) is 70.9 Å². The van der Waals surface area contributed by atoms with Crippen molar-refractivity contribution < 1.29 is 28.4 Å². The van der Waals surface area contributed by atoms with Gasteiger partial charge in [-0.05, 0) is 41.5 Å². The van der Waals surface area contributed by atoms with Crippen LogP contribution >= 0.6 is 0 Å². The average Bonchev–Trinajstić information content (AvgIpc) is 2.49. The lowest BCUT2D eigenvalue weighted by Crippen LogP contribution is -2.30. The van der Waals surface area contributed by atoms with Gasteiger partial charge in [0.1, 0.15) is 19.0 Å². The van der Waals surface area contributed by atoms with E-state index in [0.29, 0.717) is 39.6 Å². The largest absolute Gasteiger partial charge is 0.376 e. The SMILES string of the molecule is CCOC(COCOCC(COC(C)C)OCC)COC(C)C. The molecular formula is C17H36O6. The summed E-state index contributed by atoms with van der Waals surface area (Å²) in [6.45, 7) is 15.3. The molecule has 6 nitrogen and oxygen atoms in total. The normalized spacial score (nSPS) is 14.6. The van der Waals surface area contributed by atoms with E-state index >= 15 is 0 Å². The molecule has 0 aliphatic carbocycles. The highest BCUT2D eigenvalue weighted by atomic mass is 16.7. The van der Waals surface area contributed by atoms with Crippen molar-refractivity contribution in [3.63, 3.8) is 0 Å². The first-order valence-electron chi connectivity index (χ1n) is 8.61. The zero-order valence-electron chi connectivity index (χ0n) is 15.7. The van der Waals surface area contributed by atoms with Crippen molar-refractivity contribution in [1.29, 1.82) is 0 Å². The number of hydrogen-bond donors (Lipinski definition) is 0. The van der Waals surface area contributed by atoms with Crippen molar-refractivity contribution in [1.82, 2.24) is 0 Å². The fraction of sp³-hybridized carbons (Fsp3) is 1.00. The molecule has 0 aromatic carbocycles. The van der Waals surface area contributed by atoms with Gasteiger partial charge in [-0.1, -0.05) is 0 Å². The molecule has 0 N–H and O–H groups in total. The van der Waals surface area contributed by atoms with Gasteiger partial charge in [0.05, 0.1) is 38.6 Å². The van der Waals surface area contributed by atoms with E-state index in [1.165, 1.54) is 0 Å². The third kappa shape index (κ3) is 15.1. The summed E-state index contributed by atoms with van der Waals surface area (Å²) in [7, 11) is 0. The molecule has 0 radical (unpaired) electrons. The molecule has 6 heteroatoms. The third-order valence-corrected chi connectivity index (χ3v) is 2.81. The van der Waals surface area contributed by atoms with Crippen LogP contribution in [0, 0.1) is 0 Å². The Bertz CT molecular complexity index is 223. The average molecular weight is 336 g/mol. The molecular weight excluding hydrogens is 300 g/mol. The Hall–Kier alpha value is -0.240. The maximum absolute atomic E-state index is 5.57. The summed E-state index contributed by atoms with van der Waals surface area (Å²) in [5.74, 6) is 0. The molecule has 0 aliphatic heterocycles. The monoisotopic (exact) mass is 336 g/mol. The van der Waals surface area contributed by atoms with E-state index in [1.807, 2.05) is 41.5 Å². The van der Waals surface area contributed by atoms with Gasteiger partial charge in [0.25, 0.3) is 0 Å². The zero-order valence-corrected chi connectivity index (χ0v) is 15.7. The van der Waals surface area contributed by atoms with E-state index in [0.717, 1.165) is 0 Å². The first kappa shape index (κ1) is 22.8. The first-order chi connectivity index (χ1) is 11.0. The van der Waals surface area contributed by atoms with Crippen LogP contribution in [0.5, 0.6) is 0 Å². The molecule has 0 spiro atoms. The molecule has 0 saturated heterocycles. The Morgan fingerprint density at radius 3 is 1.26 bits per heavy atom. The van der Waals surface area contributed by atoms with E-state index in [2.05, 4.69) is 0 Å². The summed E-state index contributed by atoms with van der Waals surface area (Å²) in [5, 5.41) is 0.